The number of hydrogen-bond donors (Lipinski definition) is 0. The predicted octanol–water partition coefficient (Wildman–Crippen LogP) is -1.22. The number of aryl methyl sites for hydroxylation is 1. The number of rotatable bonds is 3. The average Bonchev–Trinajstić information content (AvgIpc) is 2.04. The first-order valence-electron chi connectivity index (χ1n) is 3.43. The van der Waals surface area contributed by atoms with Crippen LogP contribution in [-0.2, 0) is 4.74 Å². The minimum atomic E-state index is 0. The molecule has 2 nitrogen and oxygen atoms in total. The first-order chi connectivity index (χ1) is 5.33. The summed E-state index contributed by atoms with van der Waals surface area (Å²) in [5, 5.41) is 0. The molecule has 1 aromatic rings. The molecule has 0 aliphatic carbocycles. The summed E-state index contributed by atoms with van der Waals surface area (Å²) in [5.41, 5.74) is 1.18. The molecular weight excluding hydrogens is 147 g/mol. The van der Waals surface area contributed by atoms with Crippen molar-refractivity contribution in [1.82, 2.24) is 0 Å². The van der Waals surface area contributed by atoms with Gasteiger partial charge < -0.3 is 9.47 Å². The van der Waals surface area contributed by atoms with Gasteiger partial charge in [-0.15, -0.1) is 12.1 Å². The molecule has 0 bridgehead atoms. The van der Waals surface area contributed by atoms with E-state index in [0.717, 1.165) is 5.75 Å². The van der Waals surface area contributed by atoms with Gasteiger partial charge in [-0.2, -0.15) is 17.7 Å². The molecule has 60 valence electrons. The third-order valence-electron chi connectivity index (χ3n) is 1.27. The normalized spacial score (nSPS) is 8.83. The van der Waals surface area contributed by atoms with Crippen LogP contribution in [-0.4, -0.2) is 13.9 Å². The van der Waals surface area contributed by atoms with Crippen molar-refractivity contribution in [1.29, 1.82) is 0 Å². The fraction of sp³-hybridized carbons (Fsp3) is 0.333. The Balaban J connectivity index is 0.00000121. The number of hydrogen-bond acceptors (Lipinski definition) is 2. The van der Waals surface area contributed by atoms with Gasteiger partial charge in [-0.1, -0.05) is 6.92 Å². The van der Waals surface area contributed by atoms with Crippen molar-refractivity contribution in [2.45, 2.75) is 6.92 Å². The minimum Gasteiger partial charge on any atom is -0.493 e. The van der Waals surface area contributed by atoms with E-state index in [1.165, 1.54) is 5.56 Å². The molecule has 0 spiro atoms. The van der Waals surface area contributed by atoms with E-state index in [1.807, 2.05) is 25.1 Å². The van der Waals surface area contributed by atoms with Crippen molar-refractivity contribution >= 4 is 0 Å². The first kappa shape index (κ1) is 11.6. The second-order valence-corrected chi connectivity index (χ2v) is 2.28. The van der Waals surface area contributed by atoms with Crippen molar-refractivity contribution in [2.24, 2.45) is 0 Å². The Bertz CT molecular complexity index is 208. The van der Waals surface area contributed by atoms with Gasteiger partial charge in [-0.25, -0.2) is 0 Å². The van der Waals surface area contributed by atoms with Crippen LogP contribution in [0.1, 0.15) is 5.56 Å². The summed E-state index contributed by atoms with van der Waals surface area (Å²) >= 11 is 0. The van der Waals surface area contributed by atoms with E-state index in [2.05, 4.69) is 6.07 Å². The molecule has 0 fully saturated rings. The summed E-state index contributed by atoms with van der Waals surface area (Å²) in [5.74, 6) is 0.720. The molecule has 0 saturated heterocycles. The molecule has 0 saturated carbocycles. The SMILES string of the molecule is COCOc1[c-]cc(C)cc1.[Li+]. The third kappa shape index (κ3) is 3.82. The summed E-state index contributed by atoms with van der Waals surface area (Å²) in [6, 6.07) is 8.69. The maximum absolute atomic E-state index is 5.13. The van der Waals surface area contributed by atoms with Crippen molar-refractivity contribution in [2.75, 3.05) is 13.9 Å². The van der Waals surface area contributed by atoms with Gasteiger partial charge in [0.15, 0.2) is 6.79 Å². The van der Waals surface area contributed by atoms with Gasteiger partial charge >= 0.3 is 18.9 Å². The Labute approximate surface area is 85.1 Å². The Morgan fingerprint density at radius 1 is 1.42 bits per heavy atom. The van der Waals surface area contributed by atoms with E-state index in [9.17, 15) is 0 Å². The van der Waals surface area contributed by atoms with Crippen LogP contribution in [0.2, 0.25) is 0 Å². The van der Waals surface area contributed by atoms with Crippen LogP contribution in [0, 0.1) is 13.0 Å². The zero-order chi connectivity index (χ0) is 8.10. The molecule has 1 rings (SSSR count). The Morgan fingerprint density at radius 3 is 2.67 bits per heavy atom. The van der Waals surface area contributed by atoms with Crippen molar-refractivity contribution in [3.05, 3.63) is 29.8 Å². The quantitative estimate of drug-likeness (QED) is 0.312. The van der Waals surface area contributed by atoms with E-state index in [4.69, 9.17) is 9.47 Å². The minimum absolute atomic E-state index is 0. The smallest absolute Gasteiger partial charge is 0.493 e. The fourth-order valence-electron chi connectivity index (χ4n) is 0.701. The van der Waals surface area contributed by atoms with Gasteiger partial charge in [0.05, 0.1) is 0 Å². The maximum atomic E-state index is 5.13. The van der Waals surface area contributed by atoms with E-state index >= 15 is 0 Å². The molecule has 0 radical (unpaired) electrons. The summed E-state index contributed by atoms with van der Waals surface area (Å²) in [4.78, 5) is 0. The molecular formula is C9H11LiO2. The van der Waals surface area contributed by atoms with Gasteiger partial charge in [0.1, 0.15) is 0 Å². The molecule has 0 atom stereocenters. The van der Waals surface area contributed by atoms with Gasteiger partial charge in [0, 0.05) is 12.9 Å². The van der Waals surface area contributed by atoms with E-state index in [1.54, 1.807) is 7.11 Å². The van der Waals surface area contributed by atoms with E-state index in [0.29, 0.717) is 0 Å². The Kier molecular flexibility index (Phi) is 5.92. The zero-order valence-corrected chi connectivity index (χ0v) is 7.76. The molecule has 0 N–H and O–H groups in total. The standard InChI is InChI=1S/C9H11O2.Li/c1-8-3-5-9(6-4-8)11-7-10-2;/h3-5H,7H2,1-2H3;/q-1;+1. The summed E-state index contributed by atoms with van der Waals surface area (Å²) in [6.45, 7) is 2.29. The third-order valence-corrected chi connectivity index (χ3v) is 1.27. The molecule has 12 heavy (non-hydrogen) atoms. The van der Waals surface area contributed by atoms with Crippen LogP contribution in [0.3, 0.4) is 0 Å². The average molecular weight is 158 g/mol. The van der Waals surface area contributed by atoms with Crippen LogP contribution in [0.5, 0.6) is 5.75 Å². The molecule has 1 aromatic carbocycles. The van der Waals surface area contributed by atoms with E-state index < -0.39 is 0 Å². The molecule has 0 amide bonds. The van der Waals surface area contributed by atoms with Crippen molar-refractivity contribution in [3.8, 4) is 5.75 Å². The predicted molar refractivity (Wildman–Crippen MR) is 42.5 cm³/mol. The van der Waals surface area contributed by atoms with Crippen LogP contribution in [0.4, 0.5) is 0 Å². The molecule has 0 aromatic heterocycles. The number of ether oxygens (including phenoxy) is 2. The summed E-state index contributed by atoms with van der Waals surface area (Å²) in [6.07, 6.45) is 0. The first-order valence-corrected chi connectivity index (χ1v) is 3.43. The Hall–Kier alpha value is -0.423. The summed E-state index contributed by atoms with van der Waals surface area (Å²) in [7, 11) is 1.59. The second-order valence-electron chi connectivity index (χ2n) is 2.28. The molecule has 3 heteroatoms. The molecule has 0 heterocycles. The van der Waals surface area contributed by atoms with Gasteiger partial charge in [-0.3, -0.25) is 0 Å². The Morgan fingerprint density at radius 2 is 2.17 bits per heavy atom. The summed E-state index contributed by atoms with van der Waals surface area (Å²) < 4.78 is 9.87. The van der Waals surface area contributed by atoms with Crippen LogP contribution < -0.4 is 23.6 Å². The van der Waals surface area contributed by atoms with Crippen molar-refractivity contribution < 1.29 is 28.3 Å². The van der Waals surface area contributed by atoms with Gasteiger partial charge in [0.2, 0.25) is 0 Å². The van der Waals surface area contributed by atoms with E-state index in [-0.39, 0.29) is 25.7 Å². The number of methoxy groups -OCH3 is 1. The molecule has 0 unspecified atom stereocenters. The molecule has 0 aliphatic heterocycles. The van der Waals surface area contributed by atoms with Crippen molar-refractivity contribution in [3.63, 3.8) is 0 Å². The van der Waals surface area contributed by atoms with Crippen LogP contribution >= 0.6 is 0 Å². The number of benzene rings is 1. The van der Waals surface area contributed by atoms with Gasteiger partial charge in [-0.05, 0) is 0 Å². The largest absolute Gasteiger partial charge is 1.00 e. The van der Waals surface area contributed by atoms with Gasteiger partial charge in [0.25, 0.3) is 0 Å². The zero-order valence-electron chi connectivity index (χ0n) is 7.76. The second kappa shape index (κ2) is 6.13. The fourth-order valence-corrected chi connectivity index (χ4v) is 0.701. The van der Waals surface area contributed by atoms with Crippen LogP contribution in [0.25, 0.3) is 0 Å². The molecule has 0 aliphatic rings. The monoisotopic (exact) mass is 158 g/mol. The topological polar surface area (TPSA) is 18.5 Å². The van der Waals surface area contributed by atoms with Crippen LogP contribution in [0.15, 0.2) is 18.2 Å². The maximum Gasteiger partial charge on any atom is 1.00 e.